The maximum atomic E-state index is 12.6. The molecule has 1 atom stereocenters. The molecule has 0 saturated heterocycles. The van der Waals surface area contributed by atoms with Gasteiger partial charge in [0.2, 0.25) is 0 Å². The summed E-state index contributed by atoms with van der Waals surface area (Å²) in [5, 5.41) is 0. The molecule has 0 radical (unpaired) electrons. The molecule has 3 nitrogen and oxygen atoms in total. The third kappa shape index (κ3) is 5.61. The molecule has 1 unspecified atom stereocenters. The number of Topliss-reactive ketones (excluding diaryl/α,β-unsaturated/α-hetero) is 1. The van der Waals surface area contributed by atoms with E-state index in [0.717, 1.165) is 11.1 Å². The minimum Gasteiger partial charge on any atom is -0.466 e. The number of carbonyl (C=O) groups is 2. The first-order valence-corrected chi connectivity index (χ1v) is 8.51. The molecule has 0 fully saturated rings. The molecule has 0 saturated carbocycles. The summed E-state index contributed by atoms with van der Waals surface area (Å²) in [5.41, 5.74) is 2.39. The van der Waals surface area contributed by atoms with E-state index in [0.29, 0.717) is 18.6 Å². The molecule has 2 aromatic rings. The molecule has 25 heavy (non-hydrogen) atoms. The summed E-state index contributed by atoms with van der Waals surface area (Å²) < 4.78 is 4.94. The van der Waals surface area contributed by atoms with Crippen LogP contribution in [-0.2, 0) is 9.53 Å². The van der Waals surface area contributed by atoms with Crippen LogP contribution in [0.25, 0.3) is 0 Å². The lowest BCUT2D eigenvalue weighted by atomic mass is 9.92. The first-order chi connectivity index (χ1) is 12.1. The van der Waals surface area contributed by atoms with E-state index < -0.39 is 0 Å². The summed E-state index contributed by atoms with van der Waals surface area (Å²) in [6.45, 7) is 4.00. The smallest absolute Gasteiger partial charge is 0.306 e. The maximum Gasteiger partial charge on any atom is 0.306 e. The number of rotatable bonds is 6. The zero-order valence-electron chi connectivity index (χ0n) is 14.6. The highest BCUT2D eigenvalue weighted by molar-refractivity contribution is 5.99. The highest BCUT2D eigenvalue weighted by Crippen LogP contribution is 2.17. The Morgan fingerprint density at radius 2 is 1.52 bits per heavy atom. The van der Waals surface area contributed by atoms with Crippen molar-refractivity contribution < 1.29 is 14.3 Å². The molecular formula is C22H22O3. The molecule has 3 heteroatoms. The lowest BCUT2D eigenvalue weighted by Crippen LogP contribution is -2.19. The van der Waals surface area contributed by atoms with Gasteiger partial charge < -0.3 is 4.74 Å². The fourth-order valence-corrected chi connectivity index (χ4v) is 2.46. The molecule has 0 aliphatic heterocycles. The highest BCUT2D eigenvalue weighted by atomic mass is 16.5. The van der Waals surface area contributed by atoms with E-state index in [2.05, 4.69) is 11.8 Å². The van der Waals surface area contributed by atoms with Crippen molar-refractivity contribution in [1.29, 1.82) is 0 Å². The first kappa shape index (κ1) is 18.5. The largest absolute Gasteiger partial charge is 0.466 e. The second-order valence-corrected chi connectivity index (χ2v) is 5.67. The van der Waals surface area contributed by atoms with Gasteiger partial charge in [-0.1, -0.05) is 49.1 Å². The Hall–Kier alpha value is -2.86. The van der Waals surface area contributed by atoms with Crippen molar-refractivity contribution in [2.75, 3.05) is 6.61 Å². The normalized spacial score (nSPS) is 11.1. The topological polar surface area (TPSA) is 43.4 Å². The van der Waals surface area contributed by atoms with E-state index in [1.165, 1.54) is 0 Å². The number of hydrogen-bond donors (Lipinski definition) is 0. The van der Waals surface area contributed by atoms with Gasteiger partial charge in [-0.3, -0.25) is 9.59 Å². The van der Waals surface area contributed by atoms with Crippen LogP contribution in [0.15, 0.2) is 54.6 Å². The Bertz CT molecular complexity index is 764. The molecule has 0 aliphatic carbocycles. The van der Waals surface area contributed by atoms with Crippen LogP contribution in [-0.4, -0.2) is 18.4 Å². The average Bonchev–Trinajstić information content (AvgIpc) is 2.65. The van der Waals surface area contributed by atoms with Gasteiger partial charge in [-0.05, 0) is 37.6 Å². The molecule has 0 spiro atoms. The summed E-state index contributed by atoms with van der Waals surface area (Å²) in [6.07, 6.45) is 0.728. The minimum absolute atomic E-state index is 0.0295. The van der Waals surface area contributed by atoms with Gasteiger partial charge in [-0.25, -0.2) is 0 Å². The summed E-state index contributed by atoms with van der Waals surface area (Å²) in [5.74, 6) is 5.47. The molecule has 2 aromatic carbocycles. The van der Waals surface area contributed by atoms with Gasteiger partial charge in [-0.2, -0.15) is 0 Å². The van der Waals surface area contributed by atoms with Gasteiger partial charge in [0, 0.05) is 22.6 Å². The molecule has 0 aromatic heterocycles. The lowest BCUT2D eigenvalue weighted by Gasteiger charge is -2.13. The quantitative estimate of drug-likeness (QED) is 0.451. The van der Waals surface area contributed by atoms with Gasteiger partial charge in [0.05, 0.1) is 13.0 Å². The molecule has 128 valence electrons. The van der Waals surface area contributed by atoms with E-state index in [4.69, 9.17) is 4.74 Å². The Morgan fingerprint density at radius 1 is 0.920 bits per heavy atom. The van der Waals surface area contributed by atoms with Crippen molar-refractivity contribution in [3.63, 3.8) is 0 Å². The summed E-state index contributed by atoms with van der Waals surface area (Å²) >= 11 is 0. The number of carbonyl (C=O) groups excluding carboxylic acids is 2. The predicted molar refractivity (Wildman–Crippen MR) is 98.2 cm³/mol. The van der Waals surface area contributed by atoms with Crippen molar-refractivity contribution in [3.05, 3.63) is 71.3 Å². The summed E-state index contributed by atoms with van der Waals surface area (Å²) in [4.78, 5) is 24.2. The Labute approximate surface area is 149 Å². The van der Waals surface area contributed by atoms with Crippen LogP contribution in [0.5, 0.6) is 0 Å². The van der Waals surface area contributed by atoms with Crippen molar-refractivity contribution in [2.24, 2.45) is 5.92 Å². The standard InChI is InChI=1S/C22H22O3/c1-3-19(16-21(23)25-4-2)22(24)20-14-12-18(13-15-20)11-10-17-8-6-5-7-9-17/h5-9,12-15,19H,3-4,16H2,1-2H3. The monoisotopic (exact) mass is 334 g/mol. The Kier molecular flexibility index (Phi) is 6.98. The summed E-state index contributed by atoms with van der Waals surface area (Å²) in [7, 11) is 0. The van der Waals surface area contributed by atoms with E-state index in [1.54, 1.807) is 19.1 Å². The van der Waals surface area contributed by atoms with Gasteiger partial charge in [0.25, 0.3) is 0 Å². The van der Waals surface area contributed by atoms with Gasteiger partial charge in [0.1, 0.15) is 0 Å². The fraction of sp³-hybridized carbons (Fsp3) is 0.273. The minimum atomic E-state index is -0.347. The van der Waals surface area contributed by atoms with E-state index in [9.17, 15) is 9.59 Å². The van der Waals surface area contributed by atoms with E-state index >= 15 is 0 Å². The number of ketones is 1. The van der Waals surface area contributed by atoms with Crippen LogP contribution in [0.2, 0.25) is 0 Å². The van der Waals surface area contributed by atoms with Crippen LogP contribution >= 0.6 is 0 Å². The van der Waals surface area contributed by atoms with Crippen LogP contribution in [0.3, 0.4) is 0 Å². The SMILES string of the molecule is CCOC(=O)CC(CC)C(=O)c1ccc(C#Cc2ccccc2)cc1. The molecule has 0 amide bonds. The average molecular weight is 334 g/mol. The third-order valence-electron chi connectivity index (χ3n) is 3.88. The van der Waals surface area contributed by atoms with Gasteiger partial charge in [-0.15, -0.1) is 0 Å². The molecule has 0 N–H and O–H groups in total. The van der Waals surface area contributed by atoms with Gasteiger partial charge >= 0.3 is 5.97 Å². The van der Waals surface area contributed by atoms with Crippen LogP contribution < -0.4 is 0 Å². The van der Waals surface area contributed by atoms with Gasteiger partial charge in [0.15, 0.2) is 5.78 Å². The second-order valence-electron chi connectivity index (χ2n) is 5.67. The summed E-state index contributed by atoms with van der Waals surface area (Å²) in [6, 6.07) is 16.9. The molecule has 2 rings (SSSR count). The molecule has 0 bridgehead atoms. The zero-order valence-corrected chi connectivity index (χ0v) is 14.6. The number of ether oxygens (including phenoxy) is 1. The van der Waals surface area contributed by atoms with Crippen molar-refractivity contribution in [2.45, 2.75) is 26.7 Å². The zero-order chi connectivity index (χ0) is 18.1. The highest BCUT2D eigenvalue weighted by Gasteiger charge is 2.22. The second kappa shape index (κ2) is 9.44. The number of hydrogen-bond acceptors (Lipinski definition) is 3. The Morgan fingerprint density at radius 3 is 2.08 bits per heavy atom. The lowest BCUT2D eigenvalue weighted by molar-refractivity contribution is -0.143. The van der Waals surface area contributed by atoms with Crippen molar-refractivity contribution in [3.8, 4) is 11.8 Å². The first-order valence-electron chi connectivity index (χ1n) is 8.51. The van der Waals surface area contributed by atoms with Crippen LogP contribution in [0.4, 0.5) is 0 Å². The molecular weight excluding hydrogens is 312 g/mol. The van der Waals surface area contributed by atoms with Crippen LogP contribution in [0.1, 0.15) is 48.2 Å². The predicted octanol–water partition coefficient (Wildman–Crippen LogP) is 4.25. The molecule has 0 aliphatic rings. The fourth-order valence-electron chi connectivity index (χ4n) is 2.46. The third-order valence-corrected chi connectivity index (χ3v) is 3.88. The van der Waals surface area contributed by atoms with E-state index in [-0.39, 0.29) is 24.1 Å². The van der Waals surface area contributed by atoms with Crippen molar-refractivity contribution in [1.82, 2.24) is 0 Å². The number of esters is 1. The molecule has 0 heterocycles. The Balaban J connectivity index is 2.06. The number of benzene rings is 2. The maximum absolute atomic E-state index is 12.6. The van der Waals surface area contributed by atoms with Crippen LogP contribution in [0, 0.1) is 17.8 Å². The van der Waals surface area contributed by atoms with Crippen molar-refractivity contribution >= 4 is 11.8 Å². The van der Waals surface area contributed by atoms with E-state index in [1.807, 2.05) is 49.4 Å².